The highest BCUT2D eigenvalue weighted by Gasteiger charge is 2.36. The summed E-state index contributed by atoms with van der Waals surface area (Å²) in [4.78, 5) is 2.78. The highest BCUT2D eigenvalue weighted by molar-refractivity contribution is 4.96. The van der Waals surface area contributed by atoms with E-state index in [0.717, 1.165) is 24.2 Å². The summed E-state index contributed by atoms with van der Waals surface area (Å²) >= 11 is 0. The summed E-state index contributed by atoms with van der Waals surface area (Å²) in [5.74, 6) is 0. The topological polar surface area (TPSA) is 15.3 Å². The van der Waals surface area contributed by atoms with Crippen molar-refractivity contribution in [3.05, 3.63) is 0 Å². The van der Waals surface area contributed by atoms with E-state index >= 15 is 0 Å². The lowest BCUT2D eigenvalue weighted by Crippen LogP contribution is -2.51. The molecule has 2 saturated heterocycles. The van der Waals surface area contributed by atoms with Gasteiger partial charge in [0.25, 0.3) is 0 Å². The van der Waals surface area contributed by atoms with E-state index in [9.17, 15) is 0 Å². The van der Waals surface area contributed by atoms with Crippen molar-refractivity contribution < 1.29 is 0 Å². The zero-order chi connectivity index (χ0) is 11.5. The molecule has 0 aromatic rings. The summed E-state index contributed by atoms with van der Waals surface area (Å²) in [7, 11) is 0. The molecule has 0 aromatic heterocycles. The third kappa shape index (κ3) is 2.43. The van der Waals surface area contributed by atoms with Crippen LogP contribution in [0, 0.1) is 0 Å². The molecule has 94 valence electrons. The minimum absolute atomic E-state index is 0.812. The Morgan fingerprint density at radius 3 is 2.06 bits per heavy atom. The maximum Gasteiger partial charge on any atom is 0.0128 e. The fourth-order valence-electron chi connectivity index (χ4n) is 3.87. The van der Waals surface area contributed by atoms with E-state index in [-0.39, 0.29) is 0 Å². The number of hydrogen-bond donors (Lipinski definition) is 1. The maximum absolute atomic E-state index is 3.75. The molecule has 2 aliphatic rings. The molecular weight excluding hydrogens is 196 g/mol. The molecule has 0 aliphatic carbocycles. The standard InChI is InChI=1S/C14H28N2/c1-4-13(5-2)16(6-3)14-9-11-7-8-12(10-14)15-11/h11-15H,4-10H2,1-3H3. The fraction of sp³-hybridized carbons (Fsp3) is 1.00. The smallest absolute Gasteiger partial charge is 0.0128 e. The summed E-state index contributed by atoms with van der Waals surface area (Å²) in [6.45, 7) is 8.25. The average molecular weight is 224 g/mol. The number of piperidine rings is 1. The summed E-state index contributed by atoms with van der Waals surface area (Å²) in [5.41, 5.74) is 0. The first kappa shape index (κ1) is 12.4. The molecule has 2 nitrogen and oxygen atoms in total. The summed E-state index contributed by atoms with van der Waals surface area (Å²) < 4.78 is 0. The molecule has 0 amide bonds. The van der Waals surface area contributed by atoms with Crippen molar-refractivity contribution in [2.24, 2.45) is 0 Å². The van der Waals surface area contributed by atoms with Crippen LogP contribution in [0.15, 0.2) is 0 Å². The van der Waals surface area contributed by atoms with Gasteiger partial charge in [0.1, 0.15) is 0 Å². The highest BCUT2D eigenvalue weighted by atomic mass is 15.2. The van der Waals surface area contributed by atoms with Crippen molar-refractivity contribution in [3.63, 3.8) is 0 Å². The molecule has 2 aliphatic heterocycles. The number of hydrogen-bond acceptors (Lipinski definition) is 2. The third-order valence-electron chi connectivity index (χ3n) is 4.69. The van der Waals surface area contributed by atoms with Crippen LogP contribution in [0.5, 0.6) is 0 Å². The first-order valence-electron chi connectivity index (χ1n) is 7.30. The predicted molar refractivity (Wildman–Crippen MR) is 69.7 cm³/mol. The number of rotatable bonds is 5. The van der Waals surface area contributed by atoms with Crippen LogP contribution in [0.3, 0.4) is 0 Å². The first-order valence-corrected chi connectivity index (χ1v) is 7.30. The molecular formula is C14H28N2. The molecule has 2 heteroatoms. The van der Waals surface area contributed by atoms with Crippen LogP contribution in [0.25, 0.3) is 0 Å². The Bertz CT molecular complexity index is 201. The van der Waals surface area contributed by atoms with Crippen molar-refractivity contribution in [2.45, 2.75) is 83.5 Å². The lowest BCUT2D eigenvalue weighted by atomic mass is 9.95. The monoisotopic (exact) mass is 224 g/mol. The predicted octanol–water partition coefficient (Wildman–Crippen LogP) is 2.78. The van der Waals surface area contributed by atoms with E-state index in [1.165, 1.54) is 45.1 Å². The average Bonchev–Trinajstić information content (AvgIpc) is 2.65. The number of nitrogens with one attached hydrogen (secondary N) is 1. The van der Waals surface area contributed by atoms with Gasteiger partial charge in [-0.15, -0.1) is 0 Å². The first-order chi connectivity index (χ1) is 7.78. The largest absolute Gasteiger partial charge is 0.311 e. The molecule has 0 spiro atoms. The van der Waals surface area contributed by atoms with Crippen LogP contribution in [-0.4, -0.2) is 35.6 Å². The Morgan fingerprint density at radius 2 is 1.62 bits per heavy atom. The molecule has 1 N–H and O–H groups in total. The quantitative estimate of drug-likeness (QED) is 0.772. The van der Waals surface area contributed by atoms with Gasteiger partial charge in [-0.3, -0.25) is 4.90 Å². The third-order valence-corrected chi connectivity index (χ3v) is 4.69. The normalized spacial score (nSPS) is 33.9. The van der Waals surface area contributed by atoms with Crippen LogP contribution >= 0.6 is 0 Å². The molecule has 2 rings (SSSR count). The van der Waals surface area contributed by atoms with E-state index in [1.54, 1.807) is 0 Å². The molecule has 16 heavy (non-hydrogen) atoms. The Morgan fingerprint density at radius 1 is 1.06 bits per heavy atom. The Balaban J connectivity index is 1.98. The van der Waals surface area contributed by atoms with Gasteiger partial charge in [0.15, 0.2) is 0 Å². The van der Waals surface area contributed by atoms with Crippen LogP contribution in [-0.2, 0) is 0 Å². The van der Waals surface area contributed by atoms with Gasteiger partial charge in [-0.1, -0.05) is 20.8 Å². The Hall–Kier alpha value is -0.0800. The van der Waals surface area contributed by atoms with Gasteiger partial charge in [0, 0.05) is 24.2 Å². The van der Waals surface area contributed by atoms with E-state index in [2.05, 4.69) is 31.0 Å². The zero-order valence-corrected chi connectivity index (χ0v) is 11.2. The van der Waals surface area contributed by atoms with Gasteiger partial charge in [-0.25, -0.2) is 0 Å². The van der Waals surface area contributed by atoms with Crippen LogP contribution in [0.4, 0.5) is 0 Å². The van der Waals surface area contributed by atoms with Crippen molar-refractivity contribution >= 4 is 0 Å². The zero-order valence-electron chi connectivity index (χ0n) is 11.2. The molecule has 2 bridgehead atoms. The van der Waals surface area contributed by atoms with Crippen LogP contribution in [0.1, 0.15) is 59.3 Å². The van der Waals surface area contributed by atoms with Gasteiger partial charge in [0.2, 0.25) is 0 Å². The summed E-state index contributed by atoms with van der Waals surface area (Å²) in [5, 5.41) is 3.75. The Kier molecular flexibility index (Phi) is 4.26. The molecule has 2 atom stereocenters. The summed E-state index contributed by atoms with van der Waals surface area (Å²) in [6, 6.07) is 3.32. The molecule has 2 fully saturated rings. The fourth-order valence-corrected chi connectivity index (χ4v) is 3.87. The van der Waals surface area contributed by atoms with E-state index in [0.29, 0.717) is 0 Å². The lowest BCUT2D eigenvalue weighted by molar-refractivity contribution is 0.0946. The number of nitrogens with zero attached hydrogens (tertiary/aromatic N) is 1. The van der Waals surface area contributed by atoms with Crippen LogP contribution in [0.2, 0.25) is 0 Å². The van der Waals surface area contributed by atoms with E-state index < -0.39 is 0 Å². The van der Waals surface area contributed by atoms with Gasteiger partial charge >= 0.3 is 0 Å². The minimum Gasteiger partial charge on any atom is -0.311 e. The second-order valence-corrected chi connectivity index (χ2v) is 5.56. The molecule has 0 aromatic carbocycles. The second kappa shape index (κ2) is 5.50. The molecule has 0 radical (unpaired) electrons. The van der Waals surface area contributed by atoms with Gasteiger partial charge in [-0.2, -0.15) is 0 Å². The lowest BCUT2D eigenvalue weighted by Gasteiger charge is -2.41. The minimum atomic E-state index is 0.812. The molecule has 2 heterocycles. The van der Waals surface area contributed by atoms with Crippen molar-refractivity contribution in [2.75, 3.05) is 6.54 Å². The van der Waals surface area contributed by atoms with Gasteiger partial charge < -0.3 is 5.32 Å². The highest BCUT2D eigenvalue weighted by Crippen LogP contribution is 2.31. The Labute approximate surface area is 101 Å². The molecule has 0 saturated carbocycles. The SMILES string of the molecule is CCC(CC)N(CC)C1CC2CCC(C1)N2. The maximum atomic E-state index is 3.75. The second-order valence-electron chi connectivity index (χ2n) is 5.56. The molecule has 2 unspecified atom stereocenters. The van der Waals surface area contributed by atoms with Gasteiger partial charge in [-0.05, 0) is 45.1 Å². The van der Waals surface area contributed by atoms with Crippen molar-refractivity contribution in [3.8, 4) is 0 Å². The van der Waals surface area contributed by atoms with Crippen molar-refractivity contribution in [1.29, 1.82) is 0 Å². The van der Waals surface area contributed by atoms with Crippen molar-refractivity contribution in [1.82, 2.24) is 10.2 Å². The van der Waals surface area contributed by atoms with E-state index in [1.807, 2.05) is 0 Å². The summed E-state index contributed by atoms with van der Waals surface area (Å²) in [6.07, 6.45) is 8.23. The van der Waals surface area contributed by atoms with Gasteiger partial charge in [0.05, 0.1) is 0 Å². The van der Waals surface area contributed by atoms with E-state index in [4.69, 9.17) is 0 Å². The van der Waals surface area contributed by atoms with Crippen LogP contribution < -0.4 is 5.32 Å². The number of fused-ring (bicyclic) bond motifs is 2.